The molecule has 0 aromatic carbocycles. The molecule has 0 spiro atoms. The van der Waals surface area contributed by atoms with Crippen molar-refractivity contribution < 1.29 is 4.74 Å². The van der Waals surface area contributed by atoms with Gasteiger partial charge in [0.25, 0.3) is 0 Å². The van der Waals surface area contributed by atoms with E-state index in [4.69, 9.17) is 15.7 Å². The molecule has 0 radical (unpaired) electrons. The summed E-state index contributed by atoms with van der Waals surface area (Å²) in [6, 6.07) is 4.00. The molecular formula is C11H13N3O. The van der Waals surface area contributed by atoms with Crippen molar-refractivity contribution in [3.63, 3.8) is 0 Å². The Balaban J connectivity index is 2.32. The summed E-state index contributed by atoms with van der Waals surface area (Å²) in [6.45, 7) is 0.837. The number of nitrogens with two attached hydrogens (primary N) is 1. The molecule has 0 saturated heterocycles. The molecule has 0 aliphatic heterocycles. The van der Waals surface area contributed by atoms with Gasteiger partial charge in [-0.1, -0.05) is 0 Å². The van der Waals surface area contributed by atoms with Crippen molar-refractivity contribution in [2.45, 2.75) is 19.3 Å². The quantitative estimate of drug-likeness (QED) is 0.788. The third-order valence-corrected chi connectivity index (χ3v) is 2.49. The summed E-state index contributed by atoms with van der Waals surface area (Å²) in [5.74, 6) is 0.434. The fraction of sp³-hybridized carbons (Fsp3) is 0.455. The Morgan fingerprint density at radius 2 is 2.40 bits per heavy atom. The molecule has 0 atom stereocenters. The SMILES string of the molecule is N#Cc1cc2c(nc1OCCN)CCC2. The second-order valence-corrected chi connectivity index (χ2v) is 3.55. The van der Waals surface area contributed by atoms with Crippen LogP contribution in [0.5, 0.6) is 5.88 Å². The van der Waals surface area contributed by atoms with Crippen LogP contribution in [0.4, 0.5) is 0 Å². The zero-order valence-corrected chi connectivity index (χ0v) is 8.49. The molecule has 4 heteroatoms. The van der Waals surface area contributed by atoms with Gasteiger partial charge in [0.05, 0.1) is 0 Å². The van der Waals surface area contributed by atoms with Gasteiger partial charge in [-0.3, -0.25) is 0 Å². The molecule has 0 amide bonds. The molecule has 1 aromatic heterocycles. The van der Waals surface area contributed by atoms with E-state index >= 15 is 0 Å². The highest BCUT2D eigenvalue weighted by Gasteiger charge is 2.16. The number of aromatic nitrogens is 1. The zero-order valence-electron chi connectivity index (χ0n) is 8.49. The topological polar surface area (TPSA) is 71.9 Å². The first-order chi connectivity index (χ1) is 7.35. The van der Waals surface area contributed by atoms with Gasteiger partial charge in [-0.25, -0.2) is 4.98 Å². The Morgan fingerprint density at radius 1 is 1.53 bits per heavy atom. The molecular weight excluding hydrogens is 190 g/mol. The molecule has 0 unspecified atom stereocenters. The van der Waals surface area contributed by atoms with Crippen LogP contribution >= 0.6 is 0 Å². The summed E-state index contributed by atoms with van der Waals surface area (Å²) < 4.78 is 5.34. The van der Waals surface area contributed by atoms with Gasteiger partial charge in [-0.2, -0.15) is 5.26 Å². The van der Waals surface area contributed by atoms with E-state index in [-0.39, 0.29) is 0 Å². The molecule has 4 nitrogen and oxygen atoms in total. The van der Waals surface area contributed by atoms with E-state index in [1.54, 1.807) is 0 Å². The van der Waals surface area contributed by atoms with E-state index in [9.17, 15) is 0 Å². The zero-order chi connectivity index (χ0) is 10.7. The fourth-order valence-electron chi connectivity index (χ4n) is 1.80. The first-order valence-corrected chi connectivity index (χ1v) is 5.11. The second-order valence-electron chi connectivity index (χ2n) is 3.55. The van der Waals surface area contributed by atoms with Crippen LogP contribution in [0.15, 0.2) is 6.07 Å². The number of nitrogens with zero attached hydrogens (tertiary/aromatic N) is 2. The van der Waals surface area contributed by atoms with Crippen molar-refractivity contribution in [1.82, 2.24) is 4.98 Å². The number of hydrogen-bond acceptors (Lipinski definition) is 4. The number of hydrogen-bond donors (Lipinski definition) is 1. The highest BCUT2D eigenvalue weighted by molar-refractivity contribution is 5.44. The van der Waals surface area contributed by atoms with Gasteiger partial charge in [0, 0.05) is 12.2 Å². The molecule has 1 aliphatic rings. The lowest BCUT2D eigenvalue weighted by atomic mass is 10.1. The van der Waals surface area contributed by atoms with Gasteiger partial charge in [0.15, 0.2) is 0 Å². The standard InChI is InChI=1S/C11H13N3O/c12-4-5-15-11-9(7-13)6-8-2-1-3-10(8)14-11/h6H,1-5,12H2. The van der Waals surface area contributed by atoms with Crippen molar-refractivity contribution in [2.24, 2.45) is 5.73 Å². The summed E-state index contributed by atoms with van der Waals surface area (Å²) >= 11 is 0. The average Bonchev–Trinajstić information content (AvgIpc) is 2.71. The van der Waals surface area contributed by atoms with Gasteiger partial charge in [-0.15, -0.1) is 0 Å². The van der Waals surface area contributed by atoms with E-state index in [0.29, 0.717) is 24.6 Å². The number of pyridine rings is 1. The van der Waals surface area contributed by atoms with E-state index in [0.717, 1.165) is 25.0 Å². The monoisotopic (exact) mass is 203 g/mol. The summed E-state index contributed by atoms with van der Waals surface area (Å²) in [5, 5.41) is 8.95. The fourth-order valence-corrected chi connectivity index (χ4v) is 1.80. The molecule has 2 N–H and O–H groups in total. The van der Waals surface area contributed by atoms with Crippen molar-refractivity contribution in [2.75, 3.05) is 13.2 Å². The number of fused-ring (bicyclic) bond motifs is 1. The molecule has 1 aliphatic carbocycles. The smallest absolute Gasteiger partial charge is 0.231 e. The maximum Gasteiger partial charge on any atom is 0.231 e. The number of aryl methyl sites for hydroxylation is 2. The minimum Gasteiger partial charge on any atom is -0.475 e. The summed E-state index contributed by atoms with van der Waals surface area (Å²) in [4.78, 5) is 4.36. The minimum absolute atomic E-state index is 0.403. The van der Waals surface area contributed by atoms with Crippen molar-refractivity contribution in [3.05, 3.63) is 22.9 Å². The van der Waals surface area contributed by atoms with Gasteiger partial charge >= 0.3 is 0 Å². The second kappa shape index (κ2) is 4.28. The average molecular weight is 203 g/mol. The Morgan fingerprint density at radius 3 is 3.13 bits per heavy atom. The number of rotatable bonds is 3. The Kier molecular flexibility index (Phi) is 2.84. The minimum atomic E-state index is 0.403. The molecule has 78 valence electrons. The maximum absolute atomic E-state index is 8.95. The number of ether oxygens (including phenoxy) is 1. The predicted octanol–water partition coefficient (Wildman–Crippen LogP) is 0.779. The van der Waals surface area contributed by atoms with E-state index < -0.39 is 0 Å². The van der Waals surface area contributed by atoms with Crippen molar-refractivity contribution in [1.29, 1.82) is 5.26 Å². The Hall–Kier alpha value is -1.60. The van der Waals surface area contributed by atoms with Gasteiger partial charge < -0.3 is 10.5 Å². The summed E-state index contributed by atoms with van der Waals surface area (Å²) in [5.41, 5.74) is 8.12. The van der Waals surface area contributed by atoms with E-state index in [1.165, 1.54) is 5.56 Å². The molecule has 0 fully saturated rings. The normalized spacial score (nSPS) is 13.3. The maximum atomic E-state index is 8.95. The van der Waals surface area contributed by atoms with Crippen LogP contribution in [0, 0.1) is 11.3 Å². The van der Waals surface area contributed by atoms with Gasteiger partial charge in [0.1, 0.15) is 18.2 Å². The predicted molar refractivity (Wildman–Crippen MR) is 55.5 cm³/mol. The van der Waals surface area contributed by atoms with Crippen molar-refractivity contribution >= 4 is 0 Å². The molecule has 15 heavy (non-hydrogen) atoms. The first kappa shape index (κ1) is 9.94. The first-order valence-electron chi connectivity index (χ1n) is 5.11. The van der Waals surface area contributed by atoms with Crippen LogP contribution in [-0.2, 0) is 12.8 Å². The van der Waals surface area contributed by atoms with Gasteiger partial charge in [-0.05, 0) is 30.9 Å². The van der Waals surface area contributed by atoms with Gasteiger partial charge in [0.2, 0.25) is 5.88 Å². The van der Waals surface area contributed by atoms with Crippen molar-refractivity contribution in [3.8, 4) is 11.9 Å². The van der Waals surface area contributed by atoms with E-state index in [2.05, 4.69) is 11.1 Å². The third kappa shape index (κ3) is 1.92. The highest BCUT2D eigenvalue weighted by Crippen LogP contribution is 2.25. The largest absolute Gasteiger partial charge is 0.475 e. The van der Waals surface area contributed by atoms with Crippen LogP contribution in [-0.4, -0.2) is 18.1 Å². The molecule has 1 aromatic rings. The van der Waals surface area contributed by atoms with Crippen LogP contribution in [0.3, 0.4) is 0 Å². The Bertz CT molecular complexity index is 409. The molecule has 1 heterocycles. The molecule has 0 bridgehead atoms. The third-order valence-electron chi connectivity index (χ3n) is 2.49. The number of nitriles is 1. The van der Waals surface area contributed by atoms with Crippen LogP contribution in [0.2, 0.25) is 0 Å². The lowest BCUT2D eigenvalue weighted by molar-refractivity contribution is 0.314. The molecule has 0 saturated carbocycles. The van der Waals surface area contributed by atoms with Crippen LogP contribution in [0.25, 0.3) is 0 Å². The van der Waals surface area contributed by atoms with E-state index in [1.807, 2.05) is 6.07 Å². The highest BCUT2D eigenvalue weighted by atomic mass is 16.5. The lowest BCUT2D eigenvalue weighted by Gasteiger charge is -2.07. The Labute approximate surface area is 88.7 Å². The van der Waals surface area contributed by atoms with Crippen LogP contribution < -0.4 is 10.5 Å². The molecule has 2 rings (SSSR count). The van der Waals surface area contributed by atoms with Crippen LogP contribution in [0.1, 0.15) is 23.2 Å². The summed E-state index contributed by atoms with van der Waals surface area (Å²) in [6.07, 6.45) is 3.13. The summed E-state index contributed by atoms with van der Waals surface area (Å²) in [7, 11) is 0. The lowest BCUT2D eigenvalue weighted by Crippen LogP contribution is -2.12.